The summed E-state index contributed by atoms with van der Waals surface area (Å²) in [6.45, 7) is 6.46. The van der Waals surface area contributed by atoms with E-state index in [4.69, 9.17) is 16.3 Å². The van der Waals surface area contributed by atoms with E-state index in [0.29, 0.717) is 52.9 Å². The van der Waals surface area contributed by atoms with Crippen LogP contribution < -0.4 is 21.3 Å². The number of ether oxygens (including phenoxy) is 1. The first-order valence-electron chi connectivity index (χ1n) is 19.2. The van der Waals surface area contributed by atoms with Gasteiger partial charge >= 0.3 is 23.8 Å². The molecule has 2 atom stereocenters. The van der Waals surface area contributed by atoms with Crippen LogP contribution in [0, 0.1) is 0 Å². The first kappa shape index (κ1) is 41.1. The fourth-order valence-corrected chi connectivity index (χ4v) is 7.00. The van der Waals surface area contributed by atoms with Crippen molar-refractivity contribution in [1.82, 2.24) is 40.3 Å². The number of likely N-dealkylation sites (tertiary alicyclic amines) is 1. The molecule has 4 heterocycles. The van der Waals surface area contributed by atoms with Gasteiger partial charge in [-0.1, -0.05) is 23.7 Å². The second-order valence-corrected chi connectivity index (χ2v) is 15.7. The molecular formula is C41H42ClN11O7. The van der Waals surface area contributed by atoms with Crippen LogP contribution in [0.2, 0.25) is 5.02 Å². The number of amides is 6. The Balaban J connectivity index is 1.05. The quantitative estimate of drug-likeness (QED) is 0.0954. The van der Waals surface area contributed by atoms with Crippen LogP contribution in [0.4, 0.5) is 21.9 Å². The minimum Gasteiger partial charge on any atom is -0.455 e. The zero-order valence-corrected chi connectivity index (χ0v) is 33.7. The Labute approximate surface area is 348 Å². The number of esters is 1. The Bertz CT molecular complexity index is 2480. The highest BCUT2D eigenvalue weighted by Gasteiger charge is 2.30. The number of nitrogens with one attached hydrogen (secondary N) is 5. The van der Waals surface area contributed by atoms with Gasteiger partial charge in [0.25, 0.3) is 0 Å². The summed E-state index contributed by atoms with van der Waals surface area (Å²) < 4.78 is 6.75. The third-order valence-corrected chi connectivity index (χ3v) is 9.94. The lowest BCUT2D eigenvalue weighted by molar-refractivity contribution is -0.137. The maximum absolute atomic E-state index is 13.9. The van der Waals surface area contributed by atoms with Gasteiger partial charge in [0.2, 0.25) is 11.8 Å². The summed E-state index contributed by atoms with van der Waals surface area (Å²) in [7, 11) is 0. The average molecular weight is 836 g/mol. The highest BCUT2D eigenvalue weighted by atomic mass is 35.5. The second-order valence-electron chi connectivity index (χ2n) is 15.3. The van der Waals surface area contributed by atoms with Crippen molar-refractivity contribution in [3.63, 3.8) is 0 Å². The fourth-order valence-electron chi connectivity index (χ4n) is 6.82. The number of hydrogen-bond acceptors (Lipinski definition) is 10. The maximum Gasteiger partial charge on any atom is 0.355 e. The van der Waals surface area contributed by atoms with Gasteiger partial charge in [0.05, 0.1) is 17.4 Å². The van der Waals surface area contributed by atoms with Crippen LogP contribution in [0.1, 0.15) is 56.1 Å². The van der Waals surface area contributed by atoms with Gasteiger partial charge in [-0.2, -0.15) is 4.68 Å². The van der Waals surface area contributed by atoms with Crippen molar-refractivity contribution >= 4 is 75.2 Å². The van der Waals surface area contributed by atoms with Crippen LogP contribution in [0.3, 0.4) is 0 Å². The largest absolute Gasteiger partial charge is 0.455 e. The molecule has 0 spiro atoms. The molecule has 2 aromatic heterocycles. The van der Waals surface area contributed by atoms with E-state index in [2.05, 4.69) is 41.8 Å². The molecule has 19 heteroatoms. The number of hydrogen-bond donors (Lipinski definition) is 5. The van der Waals surface area contributed by atoms with Crippen molar-refractivity contribution in [2.75, 3.05) is 29.0 Å². The number of fused-ring (bicyclic) bond motifs is 1. The molecule has 0 radical (unpaired) electrons. The second kappa shape index (κ2) is 17.4. The zero-order chi connectivity index (χ0) is 42.6. The van der Waals surface area contributed by atoms with E-state index in [0.717, 1.165) is 13.0 Å². The fraction of sp³-hybridized carbons (Fsp3) is 0.293. The first-order valence-corrected chi connectivity index (χ1v) is 19.5. The standard InChI is InChI=1S/C41H42ClN11O7/c1-41(2,3)60-39(58)33-21-25-20-28(11-12-30(25)46-33)44-36(55)32(48-38(57)37(56)47-31-22-26(42)8-13-34(31)53-23-43-49-50-53)19-24-6-9-27(10-7-24)45-40(59)51-17-14-29(15-18-51)52-16-4-5-35(52)54/h6-14,17,20-23,29,32,46H,4-5,15-16,18-19H2,1-3H3,(H,44,55)(H,45,59)(H,47,56)(H,48,57)/t29?,32-/m0/s1. The number of halogens is 1. The monoisotopic (exact) mass is 835 g/mol. The van der Waals surface area contributed by atoms with Gasteiger partial charge in [0.15, 0.2) is 0 Å². The lowest BCUT2D eigenvalue weighted by Crippen LogP contribution is -2.49. The van der Waals surface area contributed by atoms with E-state index in [1.165, 1.54) is 17.1 Å². The molecule has 310 valence electrons. The lowest BCUT2D eigenvalue weighted by Gasteiger charge is -2.31. The molecule has 2 aliphatic rings. The number of carbonyl (C=O) groups is 6. The predicted molar refractivity (Wildman–Crippen MR) is 221 cm³/mol. The number of rotatable bonds is 10. The lowest BCUT2D eigenvalue weighted by atomic mass is 10.0. The van der Waals surface area contributed by atoms with Crippen molar-refractivity contribution in [3.05, 3.63) is 102 Å². The number of urea groups is 1. The third-order valence-electron chi connectivity index (χ3n) is 9.71. The van der Waals surface area contributed by atoms with Gasteiger partial charge in [-0.15, -0.1) is 5.10 Å². The van der Waals surface area contributed by atoms with Crippen LogP contribution in [-0.2, 0) is 30.3 Å². The van der Waals surface area contributed by atoms with Crippen molar-refractivity contribution < 1.29 is 33.5 Å². The van der Waals surface area contributed by atoms with Gasteiger partial charge in [0.1, 0.15) is 23.7 Å². The maximum atomic E-state index is 13.9. The number of benzene rings is 3. The summed E-state index contributed by atoms with van der Waals surface area (Å²) in [5.41, 5.74) is 2.09. The predicted octanol–water partition coefficient (Wildman–Crippen LogP) is 4.80. The van der Waals surface area contributed by atoms with Crippen molar-refractivity contribution in [3.8, 4) is 5.69 Å². The molecule has 0 aliphatic carbocycles. The Morgan fingerprint density at radius 3 is 2.40 bits per heavy atom. The number of nitrogens with zero attached hydrogens (tertiary/aromatic N) is 6. The zero-order valence-electron chi connectivity index (χ0n) is 32.9. The normalized spacial score (nSPS) is 15.7. The summed E-state index contributed by atoms with van der Waals surface area (Å²) in [4.78, 5) is 85.1. The average Bonchev–Trinajstić information content (AvgIpc) is 4.00. The van der Waals surface area contributed by atoms with Gasteiger partial charge in [-0.25, -0.2) is 9.59 Å². The van der Waals surface area contributed by atoms with E-state index >= 15 is 0 Å². The molecule has 2 aliphatic heterocycles. The van der Waals surface area contributed by atoms with Gasteiger partial charge in [0, 0.05) is 59.4 Å². The molecule has 60 heavy (non-hydrogen) atoms. The minimum atomic E-state index is -1.27. The van der Waals surface area contributed by atoms with Crippen LogP contribution in [0.15, 0.2) is 85.3 Å². The Morgan fingerprint density at radius 1 is 0.933 bits per heavy atom. The van der Waals surface area contributed by atoms with Crippen LogP contribution >= 0.6 is 11.6 Å². The molecule has 1 unspecified atom stereocenters. The molecule has 0 saturated carbocycles. The molecule has 18 nitrogen and oxygen atoms in total. The Morgan fingerprint density at radius 2 is 1.72 bits per heavy atom. The van der Waals surface area contributed by atoms with Crippen LogP contribution in [0.5, 0.6) is 0 Å². The van der Waals surface area contributed by atoms with Crippen LogP contribution in [-0.4, -0.2) is 101 Å². The molecular weight excluding hydrogens is 794 g/mol. The molecule has 5 aromatic rings. The number of carbonyl (C=O) groups excluding carboxylic acids is 6. The van der Waals surface area contributed by atoms with E-state index in [9.17, 15) is 28.8 Å². The summed E-state index contributed by atoms with van der Waals surface area (Å²) in [6.07, 6.45) is 6.84. The molecule has 3 aromatic carbocycles. The number of aromatic amines is 1. The molecule has 0 bridgehead atoms. The summed E-state index contributed by atoms with van der Waals surface area (Å²) in [5.74, 6) is -3.25. The first-order chi connectivity index (χ1) is 28.7. The highest BCUT2D eigenvalue weighted by molar-refractivity contribution is 6.40. The van der Waals surface area contributed by atoms with E-state index in [-0.39, 0.29) is 40.8 Å². The minimum absolute atomic E-state index is 0.0277. The van der Waals surface area contributed by atoms with E-state index < -0.39 is 35.3 Å². The van der Waals surface area contributed by atoms with E-state index in [1.807, 2.05) is 11.0 Å². The number of tetrazole rings is 1. The SMILES string of the molecule is CC(C)(C)OC(=O)c1cc2cc(NC(=O)[C@H](Cc3ccc(NC(=O)N4C=CC(N5CCCC5=O)CC4)cc3)NC(=O)C(=O)Nc3cc(Cl)ccc3-n3cnnn3)ccc2[nH]1. The van der Waals surface area contributed by atoms with Gasteiger partial charge in [-0.05, 0) is 110 Å². The summed E-state index contributed by atoms with van der Waals surface area (Å²) in [6, 6.07) is 16.2. The molecule has 6 amide bonds. The third kappa shape index (κ3) is 9.95. The summed E-state index contributed by atoms with van der Waals surface area (Å²) >= 11 is 6.19. The molecule has 7 rings (SSSR count). The number of aromatic nitrogens is 5. The summed E-state index contributed by atoms with van der Waals surface area (Å²) in [5, 5.41) is 22.7. The van der Waals surface area contributed by atoms with Crippen molar-refractivity contribution in [2.24, 2.45) is 0 Å². The van der Waals surface area contributed by atoms with Crippen molar-refractivity contribution in [2.45, 2.75) is 64.1 Å². The number of H-pyrrole nitrogens is 1. The smallest absolute Gasteiger partial charge is 0.355 e. The van der Waals surface area contributed by atoms with E-state index in [1.54, 1.807) is 92.5 Å². The Kier molecular flexibility index (Phi) is 11.9. The van der Waals surface area contributed by atoms with Gasteiger partial charge < -0.3 is 40.8 Å². The Hall–Kier alpha value is -7.08. The molecule has 1 fully saturated rings. The van der Waals surface area contributed by atoms with Gasteiger partial charge in [-0.3, -0.25) is 19.2 Å². The van der Waals surface area contributed by atoms with Crippen molar-refractivity contribution in [1.29, 1.82) is 0 Å². The molecule has 1 saturated heterocycles. The topological polar surface area (TPSA) is 226 Å². The molecule has 5 N–H and O–H groups in total. The number of anilines is 3. The van der Waals surface area contributed by atoms with Crippen LogP contribution in [0.25, 0.3) is 16.6 Å². The highest BCUT2D eigenvalue weighted by Crippen LogP contribution is 2.26.